The molecule has 3 heterocycles. The summed E-state index contributed by atoms with van der Waals surface area (Å²) >= 11 is 5.94. The highest BCUT2D eigenvalue weighted by Gasteiger charge is 2.47. The SMILES string of the molecule is CCC=CCC=CCC=CCC=CCC=CCCCC(=O)NCCNP(=O)(OCC1OC(n2cnc3c(N)nc(Cl)nc32)C(F)C1O)Oc1ccccc1. The minimum Gasteiger partial charge on any atom is -0.413 e. The number of aromatic nitrogens is 4. The lowest BCUT2D eigenvalue weighted by Gasteiger charge is -2.22. The number of para-hydroxylation sites is 1. The Bertz CT molecular complexity index is 1800. The van der Waals surface area contributed by atoms with Crippen LogP contribution in [0.15, 0.2) is 97.4 Å². The van der Waals surface area contributed by atoms with Crippen LogP contribution in [0.1, 0.15) is 64.5 Å². The number of alkyl halides is 1. The number of hydrogen-bond acceptors (Lipinski definition) is 10. The Kier molecular flexibility index (Phi) is 18.1. The Labute approximate surface area is 320 Å². The summed E-state index contributed by atoms with van der Waals surface area (Å²) in [5, 5.41) is 16.0. The number of carbonyl (C=O) groups is 1. The fourth-order valence-electron chi connectivity index (χ4n) is 5.29. The van der Waals surface area contributed by atoms with E-state index in [0.29, 0.717) is 12.8 Å². The molecule has 3 aromatic rings. The number of benzene rings is 1. The maximum Gasteiger partial charge on any atom is 0.458 e. The summed E-state index contributed by atoms with van der Waals surface area (Å²) in [7, 11) is -4.10. The van der Waals surface area contributed by atoms with Crippen LogP contribution in [0, 0.1) is 0 Å². The van der Waals surface area contributed by atoms with Crippen molar-refractivity contribution >= 4 is 42.2 Å². The van der Waals surface area contributed by atoms with Crippen LogP contribution in [0.5, 0.6) is 5.75 Å². The van der Waals surface area contributed by atoms with Gasteiger partial charge in [0.05, 0.1) is 12.9 Å². The van der Waals surface area contributed by atoms with Crippen LogP contribution in [-0.4, -0.2) is 68.6 Å². The number of aliphatic hydroxyl groups excluding tert-OH is 1. The molecular weight excluding hydrogens is 736 g/mol. The average Bonchev–Trinajstić information content (AvgIpc) is 3.70. The fraction of sp³-hybridized carbons (Fsp3) is 0.421. The zero-order valence-electron chi connectivity index (χ0n) is 30.4. The highest BCUT2D eigenvalue weighted by molar-refractivity contribution is 7.52. The highest BCUT2D eigenvalue weighted by atomic mass is 35.5. The van der Waals surface area contributed by atoms with Crippen molar-refractivity contribution in [3.05, 3.63) is 103 Å². The molecular formula is C38H50ClFN7O6P. The van der Waals surface area contributed by atoms with Crippen molar-refractivity contribution in [1.29, 1.82) is 0 Å². The second kappa shape index (κ2) is 22.9. The van der Waals surface area contributed by atoms with Gasteiger partial charge in [-0.1, -0.05) is 85.9 Å². The maximum absolute atomic E-state index is 15.3. The standard InChI is InChI=1S/C38H50ClFN7O6P/c1-2-3-4-5-6-7-8-9-10-11-12-13-14-15-16-17-21-24-31(48)42-25-26-44-54(50,53-29-22-19-18-20-23-29)51-27-30-34(49)32(40)37(52-30)47-28-43-33-35(41)45-38(39)46-36(33)47/h3-4,6-7,9-10,12-13,15-16,18-20,22-23,28,30,32,34,37,49H,2,5,8,11,14,17,21,24-27H2,1H3,(H,42,48)(H,44,50)(H2,41,45,46). The number of fused-ring (bicyclic) bond motifs is 1. The number of anilines is 1. The number of unbranched alkanes of at least 4 members (excludes halogenated alkanes) is 1. The van der Waals surface area contributed by atoms with Crippen LogP contribution in [-0.2, 0) is 18.6 Å². The van der Waals surface area contributed by atoms with E-state index in [2.05, 4.69) is 93.0 Å². The quantitative estimate of drug-likeness (QED) is 0.0324. The van der Waals surface area contributed by atoms with Crippen LogP contribution >= 0.6 is 19.3 Å². The van der Waals surface area contributed by atoms with Gasteiger partial charge in [-0.3, -0.25) is 13.9 Å². The Balaban J connectivity index is 1.16. The van der Waals surface area contributed by atoms with Crippen molar-refractivity contribution in [3.8, 4) is 5.75 Å². The molecule has 5 N–H and O–H groups in total. The number of aliphatic hydroxyl groups is 1. The smallest absolute Gasteiger partial charge is 0.413 e. The van der Waals surface area contributed by atoms with E-state index in [0.717, 1.165) is 38.5 Å². The lowest BCUT2D eigenvalue weighted by atomic mass is 10.1. The third-order valence-electron chi connectivity index (χ3n) is 8.05. The molecule has 0 spiro atoms. The molecule has 0 aliphatic carbocycles. The van der Waals surface area contributed by atoms with Crippen LogP contribution in [0.4, 0.5) is 10.2 Å². The Morgan fingerprint density at radius 2 is 1.67 bits per heavy atom. The number of nitrogens with one attached hydrogen (secondary N) is 2. The molecule has 4 rings (SSSR count). The van der Waals surface area contributed by atoms with Gasteiger partial charge in [0.25, 0.3) is 0 Å². The summed E-state index contributed by atoms with van der Waals surface area (Å²) in [4.78, 5) is 24.4. The molecule has 0 radical (unpaired) electrons. The van der Waals surface area contributed by atoms with E-state index < -0.39 is 39.0 Å². The second-order valence-electron chi connectivity index (χ2n) is 12.3. The molecule has 1 aliphatic rings. The van der Waals surface area contributed by atoms with Crippen LogP contribution < -0.4 is 20.7 Å². The molecule has 54 heavy (non-hydrogen) atoms. The molecule has 1 saturated heterocycles. The third kappa shape index (κ3) is 13.9. The van der Waals surface area contributed by atoms with Crippen molar-refractivity contribution in [2.24, 2.45) is 0 Å². The average molecular weight is 786 g/mol. The van der Waals surface area contributed by atoms with Gasteiger partial charge in [-0.15, -0.1) is 0 Å². The summed E-state index contributed by atoms with van der Waals surface area (Å²) < 4.78 is 47.5. The first-order valence-electron chi connectivity index (χ1n) is 18.1. The molecule has 2 aromatic heterocycles. The van der Waals surface area contributed by atoms with Crippen molar-refractivity contribution in [2.45, 2.75) is 82.9 Å². The van der Waals surface area contributed by atoms with Gasteiger partial charge >= 0.3 is 7.75 Å². The Hall–Kier alpha value is -4.17. The van der Waals surface area contributed by atoms with Gasteiger partial charge in [-0.2, -0.15) is 9.97 Å². The minimum atomic E-state index is -4.10. The number of amides is 1. The molecule has 1 aromatic carbocycles. The van der Waals surface area contributed by atoms with Crippen LogP contribution in [0.2, 0.25) is 5.28 Å². The number of nitrogens with two attached hydrogens (primary N) is 1. The predicted molar refractivity (Wildman–Crippen MR) is 210 cm³/mol. The van der Waals surface area contributed by atoms with Gasteiger partial charge in [0.2, 0.25) is 11.2 Å². The van der Waals surface area contributed by atoms with E-state index in [4.69, 9.17) is 31.1 Å². The summed E-state index contributed by atoms with van der Waals surface area (Å²) in [6.45, 7) is 1.81. The maximum atomic E-state index is 15.3. The number of hydrogen-bond donors (Lipinski definition) is 4. The monoisotopic (exact) mass is 785 g/mol. The number of rotatable bonds is 23. The number of ether oxygens (including phenoxy) is 1. The van der Waals surface area contributed by atoms with Crippen molar-refractivity contribution in [3.63, 3.8) is 0 Å². The molecule has 5 atom stereocenters. The third-order valence-corrected chi connectivity index (χ3v) is 9.77. The largest absolute Gasteiger partial charge is 0.458 e. The topological polar surface area (TPSA) is 176 Å². The zero-order chi connectivity index (χ0) is 38.6. The van der Waals surface area contributed by atoms with Crippen LogP contribution in [0.25, 0.3) is 11.2 Å². The number of carbonyl (C=O) groups excluding carboxylic acids is 1. The lowest BCUT2D eigenvalue weighted by molar-refractivity contribution is -0.121. The number of nitrogen functional groups attached to an aromatic ring is 1. The number of imidazole rings is 1. The van der Waals surface area contributed by atoms with Gasteiger partial charge in [-0.25, -0.2) is 19.0 Å². The van der Waals surface area contributed by atoms with E-state index in [1.54, 1.807) is 30.3 Å². The zero-order valence-corrected chi connectivity index (χ0v) is 32.0. The second-order valence-corrected chi connectivity index (χ2v) is 14.3. The van der Waals surface area contributed by atoms with Crippen LogP contribution in [0.3, 0.4) is 0 Å². The van der Waals surface area contributed by atoms with E-state index >= 15 is 4.39 Å². The van der Waals surface area contributed by atoms with Gasteiger partial charge in [0.15, 0.2) is 23.9 Å². The van der Waals surface area contributed by atoms with E-state index in [1.807, 2.05) is 0 Å². The summed E-state index contributed by atoms with van der Waals surface area (Å²) in [6.07, 6.45) is 23.1. The first-order valence-corrected chi connectivity index (χ1v) is 20.0. The normalized spacial score (nSPS) is 20.4. The minimum absolute atomic E-state index is 0.000175. The Morgan fingerprint density at radius 1 is 1.02 bits per heavy atom. The first kappa shape index (κ1) is 42.6. The lowest BCUT2D eigenvalue weighted by Crippen LogP contribution is -2.34. The number of nitrogens with zero attached hydrogens (tertiary/aromatic N) is 4. The molecule has 16 heteroatoms. The summed E-state index contributed by atoms with van der Waals surface area (Å²) in [5.41, 5.74) is 6.16. The number of allylic oxidation sites excluding steroid dienone is 10. The molecule has 1 fully saturated rings. The van der Waals surface area contributed by atoms with Gasteiger partial charge in [0.1, 0.15) is 23.5 Å². The van der Waals surface area contributed by atoms with Gasteiger partial charge in [-0.05, 0) is 68.7 Å². The molecule has 0 saturated carbocycles. The predicted octanol–water partition coefficient (Wildman–Crippen LogP) is 7.49. The fourth-order valence-corrected chi connectivity index (χ4v) is 6.80. The molecule has 13 nitrogen and oxygen atoms in total. The van der Waals surface area contributed by atoms with E-state index in [9.17, 15) is 14.5 Å². The summed E-state index contributed by atoms with van der Waals surface area (Å²) in [5.74, 6) is 0.104. The highest BCUT2D eigenvalue weighted by Crippen LogP contribution is 2.45. The molecule has 1 aliphatic heterocycles. The van der Waals surface area contributed by atoms with Crippen molar-refractivity contribution in [2.75, 3.05) is 25.4 Å². The Morgan fingerprint density at radius 3 is 2.33 bits per heavy atom. The van der Waals surface area contributed by atoms with Gasteiger partial charge < -0.3 is 25.4 Å². The van der Waals surface area contributed by atoms with Crippen molar-refractivity contribution < 1.29 is 32.6 Å². The van der Waals surface area contributed by atoms with Gasteiger partial charge in [0, 0.05) is 19.5 Å². The van der Waals surface area contributed by atoms with E-state index in [-0.39, 0.29) is 47.0 Å². The van der Waals surface area contributed by atoms with E-state index in [1.165, 1.54) is 10.9 Å². The molecule has 0 bridgehead atoms. The summed E-state index contributed by atoms with van der Waals surface area (Å²) in [6, 6.07) is 8.33. The van der Waals surface area contributed by atoms with Crippen molar-refractivity contribution in [1.82, 2.24) is 29.9 Å². The first-order chi connectivity index (χ1) is 26.2. The number of halogens is 2. The molecule has 5 unspecified atom stereocenters. The molecule has 292 valence electrons. The molecule has 1 amide bonds.